The molecule has 2 aliphatic carbocycles. The Hall–Kier alpha value is -1.31. The number of hydrogen-bond donors (Lipinski definition) is 1. The maximum Gasteiger partial charge on any atom is 0.221 e. The highest BCUT2D eigenvalue weighted by Crippen LogP contribution is 2.35. The van der Waals surface area contributed by atoms with Crippen LogP contribution >= 0.6 is 0 Å². The first kappa shape index (κ1) is 9.88. The van der Waals surface area contributed by atoms with Gasteiger partial charge in [0.2, 0.25) is 5.91 Å². The molecule has 2 N–H and O–H groups in total. The molecule has 0 atom stereocenters. The molecule has 2 nitrogen and oxygen atoms in total. The summed E-state index contributed by atoms with van der Waals surface area (Å²) < 4.78 is 0. The van der Waals surface area contributed by atoms with Crippen molar-refractivity contribution >= 4 is 5.91 Å². The van der Waals surface area contributed by atoms with Crippen LogP contribution in [-0.4, -0.2) is 5.91 Å². The molecule has 0 aromatic heterocycles. The van der Waals surface area contributed by atoms with Gasteiger partial charge in [-0.25, -0.2) is 0 Å². The van der Waals surface area contributed by atoms with Crippen molar-refractivity contribution in [3.8, 4) is 0 Å². The predicted molar refractivity (Wildman–Crippen MR) is 63.4 cm³/mol. The van der Waals surface area contributed by atoms with Crippen molar-refractivity contribution in [1.29, 1.82) is 0 Å². The Labute approximate surface area is 95.8 Å². The van der Waals surface area contributed by atoms with Gasteiger partial charge in [0, 0.05) is 0 Å². The molecule has 0 saturated carbocycles. The molecule has 3 rings (SSSR count). The molecule has 1 amide bonds. The Morgan fingerprint density at radius 3 is 2.56 bits per heavy atom. The van der Waals surface area contributed by atoms with E-state index < -0.39 is 0 Å². The van der Waals surface area contributed by atoms with Gasteiger partial charge in [-0.05, 0) is 66.3 Å². The summed E-state index contributed by atoms with van der Waals surface area (Å²) in [5.74, 6) is -0.202. The number of aryl methyl sites for hydroxylation is 1. The number of benzene rings is 1. The zero-order valence-corrected chi connectivity index (χ0v) is 9.51. The van der Waals surface area contributed by atoms with Gasteiger partial charge in [0.05, 0.1) is 6.42 Å². The summed E-state index contributed by atoms with van der Waals surface area (Å²) in [6.07, 6.45) is 7.74. The highest BCUT2D eigenvalue weighted by molar-refractivity contribution is 5.77. The maximum absolute atomic E-state index is 11.1. The Morgan fingerprint density at radius 2 is 1.75 bits per heavy atom. The first-order chi connectivity index (χ1) is 7.75. The van der Waals surface area contributed by atoms with Crippen LogP contribution in [-0.2, 0) is 36.9 Å². The number of amides is 1. The van der Waals surface area contributed by atoms with Crippen LogP contribution in [0.3, 0.4) is 0 Å². The molecule has 0 unspecified atom stereocenters. The van der Waals surface area contributed by atoms with E-state index in [4.69, 9.17) is 5.73 Å². The summed E-state index contributed by atoms with van der Waals surface area (Å²) in [4.78, 5) is 11.1. The van der Waals surface area contributed by atoms with Crippen LogP contribution in [0.1, 0.15) is 40.7 Å². The van der Waals surface area contributed by atoms with Gasteiger partial charge in [0.25, 0.3) is 0 Å². The van der Waals surface area contributed by atoms with Gasteiger partial charge in [-0.3, -0.25) is 4.79 Å². The van der Waals surface area contributed by atoms with Crippen LogP contribution in [0.15, 0.2) is 6.07 Å². The topological polar surface area (TPSA) is 43.1 Å². The minimum atomic E-state index is -0.202. The minimum absolute atomic E-state index is 0.202. The number of primary amides is 1. The van der Waals surface area contributed by atoms with E-state index in [1.54, 1.807) is 11.1 Å². The fourth-order valence-corrected chi connectivity index (χ4v) is 3.35. The van der Waals surface area contributed by atoms with Crippen molar-refractivity contribution < 1.29 is 4.79 Å². The van der Waals surface area contributed by atoms with Crippen LogP contribution in [0.25, 0.3) is 0 Å². The lowest BCUT2D eigenvalue weighted by molar-refractivity contribution is -0.117. The van der Waals surface area contributed by atoms with Crippen molar-refractivity contribution in [3.05, 3.63) is 33.9 Å². The van der Waals surface area contributed by atoms with E-state index in [1.807, 2.05) is 0 Å². The average Bonchev–Trinajstić information content (AvgIpc) is 2.82. The molecule has 2 aliphatic rings. The SMILES string of the molecule is NC(=O)Cc1cc2c(c3c1CCC3)CCC2. The van der Waals surface area contributed by atoms with Gasteiger partial charge in [0.15, 0.2) is 0 Å². The fourth-order valence-electron chi connectivity index (χ4n) is 3.35. The molecule has 0 heterocycles. The smallest absolute Gasteiger partial charge is 0.221 e. The molecular formula is C14H17NO. The zero-order chi connectivity index (χ0) is 11.1. The number of hydrogen-bond acceptors (Lipinski definition) is 1. The third-order valence-electron chi connectivity index (χ3n) is 3.94. The van der Waals surface area contributed by atoms with Gasteiger partial charge in [-0.15, -0.1) is 0 Å². The van der Waals surface area contributed by atoms with Crippen molar-refractivity contribution in [2.24, 2.45) is 5.73 Å². The van der Waals surface area contributed by atoms with Gasteiger partial charge < -0.3 is 5.73 Å². The van der Waals surface area contributed by atoms with Gasteiger partial charge in [-0.2, -0.15) is 0 Å². The normalized spacial score (nSPS) is 17.2. The molecule has 0 saturated heterocycles. The molecule has 0 bridgehead atoms. The molecule has 1 aromatic rings. The molecule has 0 fully saturated rings. The van der Waals surface area contributed by atoms with Crippen LogP contribution in [0.5, 0.6) is 0 Å². The number of rotatable bonds is 2. The lowest BCUT2D eigenvalue weighted by Crippen LogP contribution is -2.15. The minimum Gasteiger partial charge on any atom is -0.369 e. The van der Waals surface area contributed by atoms with Crippen LogP contribution in [0, 0.1) is 0 Å². The van der Waals surface area contributed by atoms with E-state index in [9.17, 15) is 4.79 Å². The monoisotopic (exact) mass is 215 g/mol. The first-order valence-electron chi connectivity index (χ1n) is 6.19. The summed E-state index contributed by atoms with van der Waals surface area (Å²) in [6, 6.07) is 2.25. The quantitative estimate of drug-likeness (QED) is 0.801. The predicted octanol–water partition coefficient (Wildman–Crippen LogP) is 1.69. The fraction of sp³-hybridized carbons (Fsp3) is 0.500. The van der Waals surface area contributed by atoms with E-state index in [-0.39, 0.29) is 5.91 Å². The van der Waals surface area contributed by atoms with E-state index in [0.29, 0.717) is 6.42 Å². The van der Waals surface area contributed by atoms with Gasteiger partial charge in [-0.1, -0.05) is 6.07 Å². The third-order valence-corrected chi connectivity index (χ3v) is 3.94. The highest BCUT2D eigenvalue weighted by atomic mass is 16.1. The molecule has 0 radical (unpaired) electrons. The molecule has 0 aliphatic heterocycles. The van der Waals surface area contributed by atoms with E-state index in [2.05, 4.69) is 6.07 Å². The second-order valence-electron chi connectivity index (χ2n) is 4.98. The highest BCUT2D eigenvalue weighted by Gasteiger charge is 2.24. The molecular weight excluding hydrogens is 198 g/mol. The standard InChI is InChI=1S/C14H17NO/c15-14(16)8-10-7-9-3-1-4-11(9)13-6-2-5-12(10)13/h7H,1-6,8H2,(H2,15,16). The number of carbonyl (C=O) groups is 1. The number of carbonyl (C=O) groups excluding carboxylic acids is 1. The number of nitrogens with two attached hydrogens (primary N) is 1. The first-order valence-corrected chi connectivity index (χ1v) is 6.19. The summed E-state index contributed by atoms with van der Waals surface area (Å²) >= 11 is 0. The molecule has 0 spiro atoms. The average molecular weight is 215 g/mol. The van der Waals surface area contributed by atoms with Gasteiger partial charge >= 0.3 is 0 Å². The van der Waals surface area contributed by atoms with Crippen molar-refractivity contribution in [3.63, 3.8) is 0 Å². The Bertz CT molecular complexity index is 462. The maximum atomic E-state index is 11.1. The summed E-state index contributed by atoms with van der Waals surface area (Å²) in [6.45, 7) is 0. The number of fused-ring (bicyclic) bond motifs is 3. The molecule has 16 heavy (non-hydrogen) atoms. The van der Waals surface area contributed by atoms with Crippen LogP contribution < -0.4 is 5.73 Å². The Kier molecular flexibility index (Phi) is 2.23. The largest absolute Gasteiger partial charge is 0.369 e. The van der Waals surface area contributed by atoms with Gasteiger partial charge in [0.1, 0.15) is 0 Å². The summed E-state index contributed by atoms with van der Waals surface area (Å²) in [7, 11) is 0. The van der Waals surface area contributed by atoms with E-state index in [0.717, 1.165) is 6.42 Å². The Balaban J connectivity index is 2.12. The Morgan fingerprint density at radius 1 is 1.06 bits per heavy atom. The summed E-state index contributed by atoms with van der Waals surface area (Å²) in [5.41, 5.74) is 12.6. The van der Waals surface area contributed by atoms with Crippen molar-refractivity contribution in [1.82, 2.24) is 0 Å². The lowest BCUT2D eigenvalue weighted by Gasteiger charge is -2.12. The van der Waals surface area contributed by atoms with Crippen molar-refractivity contribution in [2.75, 3.05) is 0 Å². The second kappa shape index (κ2) is 3.62. The second-order valence-corrected chi connectivity index (χ2v) is 4.98. The van der Waals surface area contributed by atoms with Crippen LogP contribution in [0.4, 0.5) is 0 Å². The van der Waals surface area contributed by atoms with E-state index >= 15 is 0 Å². The molecule has 2 heteroatoms. The molecule has 84 valence electrons. The van der Waals surface area contributed by atoms with Crippen LogP contribution in [0.2, 0.25) is 0 Å². The van der Waals surface area contributed by atoms with E-state index in [1.165, 1.54) is 48.8 Å². The zero-order valence-electron chi connectivity index (χ0n) is 9.51. The molecule has 1 aromatic carbocycles. The summed E-state index contributed by atoms with van der Waals surface area (Å²) in [5, 5.41) is 0. The lowest BCUT2D eigenvalue weighted by atomic mass is 9.93. The third kappa shape index (κ3) is 1.44. The van der Waals surface area contributed by atoms with Crippen molar-refractivity contribution in [2.45, 2.75) is 44.9 Å².